The molecule has 0 heterocycles. The number of nitrogens with one attached hydrogen (secondary N) is 1. The molecule has 0 aliphatic carbocycles. The van der Waals surface area contributed by atoms with Gasteiger partial charge in [0.2, 0.25) is 0 Å². The average Bonchev–Trinajstić information content (AvgIpc) is 2.31. The molecule has 2 N–H and O–H groups in total. The maximum absolute atomic E-state index is 9.73. The highest BCUT2D eigenvalue weighted by molar-refractivity contribution is 5.85. The molecule has 0 aliphatic rings. The Kier molecular flexibility index (Phi) is 10.3. The van der Waals surface area contributed by atoms with Crippen LogP contribution in [0.4, 0.5) is 0 Å². The number of aliphatic hydroxyl groups is 1. The number of benzene rings is 1. The van der Waals surface area contributed by atoms with E-state index in [0.29, 0.717) is 0 Å². The first-order chi connectivity index (χ1) is 6.75. The van der Waals surface area contributed by atoms with Crippen LogP contribution in [0.25, 0.3) is 0 Å². The zero-order valence-corrected chi connectivity index (χ0v) is 9.74. The number of halogens is 1. The van der Waals surface area contributed by atoms with E-state index in [1.54, 1.807) is 0 Å². The summed E-state index contributed by atoms with van der Waals surface area (Å²) in [6.07, 6.45) is -0.420. The lowest BCUT2D eigenvalue weighted by molar-refractivity contribution is 0.140. The van der Waals surface area contributed by atoms with Crippen molar-refractivity contribution in [3.05, 3.63) is 35.9 Å². The lowest BCUT2D eigenvalue weighted by Crippen LogP contribution is -2.28. The molecule has 0 aromatic heterocycles. The summed E-state index contributed by atoms with van der Waals surface area (Å²) in [6.45, 7) is 5.46. The number of aliphatic hydroxyl groups excluding tert-OH is 1. The highest BCUT2D eigenvalue weighted by Crippen LogP contribution is 2.15. The summed E-state index contributed by atoms with van der Waals surface area (Å²) < 4.78 is 0. The zero-order chi connectivity index (χ0) is 11.0. The second-order valence-corrected chi connectivity index (χ2v) is 2.93. The van der Waals surface area contributed by atoms with Crippen molar-refractivity contribution in [1.82, 2.24) is 5.32 Å². The second kappa shape index (κ2) is 9.47. The fourth-order valence-corrected chi connectivity index (χ4v) is 1.10. The van der Waals surface area contributed by atoms with Gasteiger partial charge in [-0.1, -0.05) is 30.3 Å². The molecule has 0 aliphatic heterocycles. The SMILES string of the molecule is C#N.CN[C@@H](C)[C@@H](O)c1ccccc1.Cl. The molecule has 4 heteroatoms. The summed E-state index contributed by atoms with van der Waals surface area (Å²) in [5, 5.41) is 19.2. The minimum absolute atomic E-state index is 0. The molecule has 84 valence electrons. The first-order valence-corrected chi connectivity index (χ1v) is 4.42. The van der Waals surface area contributed by atoms with E-state index in [1.807, 2.05) is 44.3 Å². The van der Waals surface area contributed by atoms with Crippen molar-refractivity contribution in [3.63, 3.8) is 0 Å². The van der Waals surface area contributed by atoms with Gasteiger partial charge in [0.25, 0.3) is 0 Å². The lowest BCUT2D eigenvalue weighted by atomic mass is 10.0. The first kappa shape index (κ1) is 16.4. The molecule has 0 bridgehead atoms. The molecule has 1 aromatic rings. The molecule has 1 aromatic carbocycles. The quantitative estimate of drug-likeness (QED) is 0.831. The van der Waals surface area contributed by atoms with Crippen LogP contribution in [0.2, 0.25) is 0 Å². The predicted octanol–water partition coefficient (Wildman–Crippen LogP) is 1.89. The van der Waals surface area contributed by atoms with Gasteiger partial charge in [0, 0.05) is 12.6 Å². The van der Waals surface area contributed by atoms with E-state index < -0.39 is 6.10 Å². The zero-order valence-electron chi connectivity index (χ0n) is 8.92. The number of hydrogen-bond donors (Lipinski definition) is 2. The average molecular weight is 229 g/mol. The summed E-state index contributed by atoms with van der Waals surface area (Å²) in [7, 11) is 1.84. The van der Waals surface area contributed by atoms with Crippen molar-refractivity contribution >= 4 is 12.4 Å². The van der Waals surface area contributed by atoms with Crippen molar-refractivity contribution in [2.75, 3.05) is 7.05 Å². The number of rotatable bonds is 3. The van der Waals surface area contributed by atoms with E-state index in [4.69, 9.17) is 5.26 Å². The van der Waals surface area contributed by atoms with Crippen LogP contribution in [0, 0.1) is 11.8 Å². The number of likely N-dealkylation sites (N-methyl/N-ethyl adjacent to an activating group) is 1. The van der Waals surface area contributed by atoms with Gasteiger partial charge in [-0.3, -0.25) is 0 Å². The third-order valence-corrected chi connectivity index (χ3v) is 2.07. The molecule has 1 rings (SSSR count). The van der Waals surface area contributed by atoms with E-state index in [1.165, 1.54) is 0 Å². The second-order valence-electron chi connectivity index (χ2n) is 2.93. The lowest BCUT2D eigenvalue weighted by Gasteiger charge is -2.17. The first-order valence-electron chi connectivity index (χ1n) is 4.42. The third kappa shape index (κ3) is 5.38. The molecular weight excluding hydrogens is 212 g/mol. The van der Waals surface area contributed by atoms with E-state index in [9.17, 15) is 5.11 Å². The van der Waals surface area contributed by atoms with Crippen LogP contribution < -0.4 is 5.32 Å². The topological polar surface area (TPSA) is 56.0 Å². The van der Waals surface area contributed by atoms with Crippen LogP contribution in [0.1, 0.15) is 18.6 Å². The van der Waals surface area contributed by atoms with Crippen LogP contribution in [-0.4, -0.2) is 18.2 Å². The smallest absolute Gasteiger partial charge is 0.0940 e. The molecule has 0 amide bonds. The van der Waals surface area contributed by atoms with Gasteiger partial charge in [0.15, 0.2) is 0 Å². The Morgan fingerprint density at radius 1 is 1.27 bits per heavy atom. The predicted molar refractivity (Wildman–Crippen MR) is 63.8 cm³/mol. The number of nitriles is 1. The Balaban J connectivity index is 0. The van der Waals surface area contributed by atoms with Crippen LogP contribution in [0.3, 0.4) is 0 Å². The highest BCUT2D eigenvalue weighted by Gasteiger charge is 2.12. The summed E-state index contributed by atoms with van der Waals surface area (Å²) in [4.78, 5) is 0. The van der Waals surface area contributed by atoms with Gasteiger partial charge in [-0.15, -0.1) is 12.4 Å². The maximum atomic E-state index is 9.73. The normalized spacial score (nSPS) is 12.6. The van der Waals surface area contributed by atoms with Gasteiger partial charge in [-0.25, -0.2) is 5.26 Å². The number of hydrogen-bond acceptors (Lipinski definition) is 3. The molecule has 2 atom stereocenters. The highest BCUT2D eigenvalue weighted by atomic mass is 35.5. The molecule has 0 spiro atoms. The Morgan fingerprint density at radius 3 is 2.13 bits per heavy atom. The van der Waals surface area contributed by atoms with Crippen LogP contribution in [-0.2, 0) is 0 Å². The molecule has 0 fully saturated rings. The molecule has 0 unspecified atom stereocenters. The maximum Gasteiger partial charge on any atom is 0.0940 e. The molecular formula is C11H17ClN2O. The number of nitrogens with zero attached hydrogens (tertiary/aromatic N) is 1. The molecule has 15 heavy (non-hydrogen) atoms. The van der Waals surface area contributed by atoms with Crippen LogP contribution >= 0.6 is 12.4 Å². The van der Waals surface area contributed by atoms with E-state index in [2.05, 4.69) is 11.9 Å². The van der Waals surface area contributed by atoms with Crippen molar-refractivity contribution in [3.8, 4) is 6.57 Å². The summed E-state index contributed by atoms with van der Waals surface area (Å²) in [5.74, 6) is 0. The van der Waals surface area contributed by atoms with Crippen molar-refractivity contribution < 1.29 is 5.11 Å². The minimum Gasteiger partial charge on any atom is -0.387 e. The fraction of sp³-hybridized carbons (Fsp3) is 0.364. The Hall–Kier alpha value is -1.08. The van der Waals surface area contributed by atoms with E-state index in [-0.39, 0.29) is 18.4 Å². The Labute approximate surface area is 97.2 Å². The van der Waals surface area contributed by atoms with E-state index >= 15 is 0 Å². The van der Waals surface area contributed by atoms with E-state index in [0.717, 1.165) is 5.56 Å². The Morgan fingerprint density at radius 2 is 1.73 bits per heavy atom. The molecule has 0 saturated carbocycles. The fourth-order valence-electron chi connectivity index (χ4n) is 1.10. The standard InChI is InChI=1S/C10H15NO.CHN.ClH/c1-8(11-2)10(12)9-6-4-3-5-7-9;1-2;/h3-8,10-12H,1-2H3;1H;1H/t8-,10+;;/m0../s1. The molecule has 0 saturated heterocycles. The largest absolute Gasteiger partial charge is 0.387 e. The van der Waals surface area contributed by atoms with Crippen LogP contribution in [0.5, 0.6) is 0 Å². The summed E-state index contributed by atoms with van der Waals surface area (Å²) in [5.41, 5.74) is 0.958. The third-order valence-electron chi connectivity index (χ3n) is 2.07. The van der Waals surface area contributed by atoms with Crippen molar-refractivity contribution in [1.29, 1.82) is 5.26 Å². The van der Waals surface area contributed by atoms with Gasteiger partial charge in [0.1, 0.15) is 0 Å². The summed E-state index contributed by atoms with van der Waals surface area (Å²) >= 11 is 0. The van der Waals surface area contributed by atoms with Crippen LogP contribution in [0.15, 0.2) is 30.3 Å². The summed E-state index contributed by atoms with van der Waals surface area (Å²) in [6, 6.07) is 9.76. The van der Waals surface area contributed by atoms with Gasteiger partial charge in [0.05, 0.1) is 6.10 Å². The Bertz CT molecular complexity index is 264. The van der Waals surface area contributed by atoms with Crippen molar-refractivity contribution in [2.24, 2.45) is 0 Å². The monoisotopic (exact) mass is 228 g/mol. The molecule has 3 nitrogen and oxygen atoms in total. The minimum atomic E-state index is -0.420. The van der Waals surface area contributed by atoms with Gasteiger partial charge < -0.3 is 10.4 Å². The van der Waals surface area contributed by atoms with Gasteiger partial charge in [-0.05, 0) is 19.5 Å². The van der Waals surface area contributed by atoms with Gasteiger partial charge in [-0.2, -0.15) is 0 Å². The molecule has 0 radical (unpaired) electrons. The van der Waals surface area contributed by atoms with Crippen molar-refractivity contribution in [2.45, 2.75) is 19.1 Å². The van der Waals surface area contributed by atoms with Gasteiger partial charge >= 0.3 is 0 Å².